The first-order valence-corrected chi connectivity index (χ1v) is 9.41. The number of nitrogens with zero attached hydrogens (tertiary/aromatic N) is 2. The Morgan fingerprint density at radius 1 is 1.40 bits per heavy atom. The van der Waals surface area contributed by atoms with Crippen molar-refractivity contribution in [3.05, 3.63) is 41.8 Å². The van der Waals surface area contributed by atoms with Crippen LogP contribution in [0.3, 0.4) is 0 Å². The van der Waals surface area contributed by atoms with Gasteiger partial charge in [-0.05, 0) is 51.0 Å². The molecule has 0 bridgehead atoms. The normalized spacial score (nSPS) is 21.4. The molecule has 1 N–H and O–H groups in total. The Balaban J connectivity index is 1.89. The Morgan fingerprint density at radius 3 is 2.72 bits per heavy atom. The van der Waals surface area contributed by atoms with Crippen LogP contribution in [0.25, 0.3) is 11.3 Å². The Kier molecular flexibility index (Phi) is 5.15. The van der Waals surface area contributed by atoms with Crippen LogP contribution in [0.1, 0.15) is 37.0 Å². The Hall–Kier alpha value is -1.48. The second-order valence-corrected chi connectivity index (χ2v) is 8.13. The van der Waals surface area contributed by atoms with Crippen molar-refractivity contribution in [3.8, 4) is 11.3 Å². The third-order valence-electron chi connectivity index (χ3n) is 4.62. The van der Waals surface area contributed by atoms with Gasteiger partial charge in [-0.25, -0.2) is 4.39 Å². The minimum Gasteiger partial charge on any atom is -0.390 e. The minimum absolute atomic E-state index is 0.0140. The number of carbonyl (C=O) groups excluding carboxylic acids is 1. The number of hydrogen-bond donors (Lipinski definition) is 1. The van der Waals surface area contributed by atoms with E-state index in [9.17, 15) is 14.3 Å². The first-order chi connectivity index (χ1) is 11.8. The molecular formula is C18H20FIN2O3. The van der Waals surface area contributed by atoms with E-state index >= 15 is 0 Å². The van der Waals surface area contributed by atoms with E-state index in [0.717, 1.165) is 12.8 Å². The number of alkyl halides is 1. The molecule has 1 amide bonds. The number of aromatic nitrogens is 1. The van der Waals surface area contributed by atoms with Crippen LogP contribution in [-0.2, 0) is 0 Å². The van der Waals surface area contributed by atoms with Crippen LogP contribution in [0.4, 0.5) is 4.39 Å². The van der Waals surface area contributed by atoms with Gasteiger partial charge in [-0.2, -0.15) is 0 Å². The van der Waals surface area contributed by atoms with Crippen LogP contribution in [0.15, 0.2) is 35.0 Å². The number of hydrogen-bond acceptors (Lipinski definition) is 4. The number of carbonyl (C=O) groups is 1. The van der Waals surface area contributed by atoms with Gasteiger partial charge in [0.1, 0.15) is 11.4 Å². The number of likely N-dealkylation sites (tertiary alicyclic amines) is 1. The predicted molar refractivity (Wildman–Crippen MR) is 99.8 cm³/mol. The summed E-state index contributed by atoms with van der Waals surface area (Å²) >= 11 is 2.22. The maximum atomic E-state index is 13.1. The largest absolute Gasteiger partial charge is 0.390 e. The van der Waals surface area contributed by atoms with Crippen molar-refractivity contribution < 1.29 is 18.8 Å². The van der Waals surface area contributed by atoms with Crippen molar-refractivity contribution in [3.63, 3.8) is 0 Å². The number of halogens is 2. The molecule has 0 spiro atoms. The molecule has 1 fully saturated rings. The fourth-order valence-corrected chi connectivity index (χ4v) is 4.99. The van der Waals surface area contributed by atoms with E-state index in [1.807, 2.05) is 0 Å². The van der Waals surface area contributed by atoms with E-state index in [2.05, 4.69) is 27.7 Å². The average Bonchev–Trinajstić information content (AvgIpc) is 3.03. The van der Waals surface area contributed by atoms with E-state index < -0.39 is 5.60 Å². The van der Waals surface area contributed by atoms with Crippen LogP contribution in [0.5, 0.6) is 0 Å². The highest BCUT2D eigenvalue weighted by Gasteiger charge is 2.41. The molecule has 1 aromatic heterocycles. The molecule has 1 unspecified atom stereocenters. The maximum absolute atomic E-state index is 13.1. The topological polar surface area (TPSA) is 66.6 Å². The van der Waals surface area contributed by atoms with Crippen LogP contribution in [-0.4, -0.2) is 37.3 Å². The van der Waals surface area contributed by atoms with E-state index in [0.29, 0.717) is 23.4 Å². The lowest BCUT2D eigenvalue weighted by Crippen LogP contribution is -2.51. The predicted octanol–water partition coefficient (Wildman–Crippen LogP) is 3.86. The Morgan fingerprint density at radius 2 is 2.08 bits per heavy atom. The molecule has 1 saturated heterocycles. The van der Waals surface area contributed by atoms with E-state index in [1.54, 1.807) is 30.9 Å². The molecule has 7 heteroatoms. The van der Waals surface area contributed by atoms with Gasteiger partial charge in [0.05, 0.1) is 15.8 Å². The quantitative estimate of drug-likeness (QED) is 0.431. The van der Waals surface area contributed by atoms with Crippen LogP contribution in [0.2, 0.25) is 0 Å². The van der Waals surface area contributed by atoms with Gasteiger partial charge in [-0.15, -0.1) is 0 Å². The first kappa shape index (κ1) is 18.3. The number of aliphatic hydroxyl groups is 1. The molecule has 0 aliphatic carbocycles. The SMILES string of the molecule is CC(C)(O)[C@H]1CCCN(C(=O)c2cnoc2-c2ccc(F)cc2)C1I. The summed E-state index contributed by atoms with van der Waals surface area (Å²) in [5.74, 6) is -0.222. The zero-order valence-corrected chi connectivity index (χ0v) is 16.2. The number of benzene rings is 1. The molecule has 3 rings (SSSR count). The van der Waals surface area contributed by atoms with Crippen molar-refractivity contribution in [1.82, 2.24) is 10.1 Å². The molecule has 1 aromatic carbocycles. The number of piperidine rings is 1. The second kappa shape index (κ2) is 7.03. The summed E-state index contributed by atoms with van der Waals surface area (Å²) in [5.41, 5.74) is 0.0900. The Bertz CT molecular complexity index is 754. The standard InChI is InChI=1S/C18H20FIN2O3/c1-18(2,24)14-4-3-9-22(16(14)20)17(23)13-10-21-25-15(13)11-5-7-12(19)8-6-11/h5-8,10,14,16,24H,3-4,9H2,1-2H3/t14-,16?/m0/s1. The summed E-state index contributed by atoms with van der Waals surface area (Å²) in [6.07, 6.45) is 3.10. The second-order valence-electron chi connectivity index (χ2n) is 6.85. The van der Waals surface area contributed by atoms with E-state index in [1.165, 1.54) is 18.3 Å². The zero-order chi connectivity index (χ0) is 18.2. The van der Waals surface area contributed by atoms with Crippen molar-refractivity contribution in [2.24, 2.45) is 5.92 Å². The smallest absolute Gasteiger partial charge is 0.260 e. The third-order valence-corrected chi connectivity index (χ3v) is 6.16. The van der Waals surface area contributed by atoms with Gasteiger partial charge in [0.25, 0.3) is 5.91 Å². The highest BCUT2D eigenvalue weighted by molar-refractivity contribution is 14.1. The molecule has 1 aliphatic heterocycles. The lowest BCUT2D eigenvalue weighted by Gasteiger charge is -2.43. The van der Waals surface area contributed by atoms with Gasteiger partial charge in [0.2, 0.25) is 0 Å². The van der Waals surface area contributed by atoms with Gasteiger partial charge in [-0.1, -0.05) is 27.7 Å². The number of amides is 1. The fourth-order valence-electron chi connectivity index (χ4n) is 3.22. The molecule has 5 nitrogen and oxygen atoms in total. The summed E-state index contributed by atoms with van der Waals surface area (Å²) in [6, 6.07) is 5.75. The van der Waals surface area contributed by atoms with Crippen molar-refractivity contribution >= 4 is 28.5 Å². The molecule has 2 atom stereocenters. The van der Waals surface area contributed by atoms with Crippen molar-refractivity contribution in [2.45, 2.75) is 36.3 Å². The molecule has 134 valence electrons. The molecule has 0 radical (unpaired) electrons. The highest BCUT2D eigenvalue weighted by atomic mass is 127. The van der Waals surface area contributed by atoms with Gasteiger partial charge in [0, 0.05) is 18.0 Å². The maximum Gasteiger partial charge on any atom is 0.260 e. The summed E-state index contributed by atoms with van der Waals surface area (Å²) < 4.78 is 18.3. The van der Waals surface area contributed by atoms with E-state index in [4.69, 9.17) is 4.52 Å². The summed E-state index contributed by atoms with van der Waals surface area (Å²) in [5, 5.41) is 14.2. The highest BCUT2D eigenvalue weighted by Crippen LogP contribution is 2.37. The summed E-state index contributed by atoms with van der Waals surface area (Å²) in [6.45, 7) is 4.17. The molecule has 2 heterocycles. The van der Waals surface area contributed by atoms with Gasteiger partial charge < -0.3 is 14.5 Å². The lowest BCUT2D eigenvalue weighted by atomic mass is 9.84. The zero-order valence-electron chi connectivity index (χ0n) is 14.1. The van der Waals surface area contributed by atoms with Crippen molar-refractivity contribution in [1.29, 1.82) is 0 Å². The minimum atomic E-state index is -0.862. The van der Waals surface area contributed by atoms with Crippen LogP contribution >= 0.6 is 22.6 Å². The van der Waals surface area contributed by atoms with E-state index in [-0.39, 0.29) is 21.7 Å². The first-order valence-electron chi connectivity index (χ1n) is 8.17. The lowest BCUT2D eigenvalue weighted by molar-refractivity contribution is -0.0191. The monoisotopic (exact) mass is 458 g/mol. The summed E-state index contributed by atoms with van der Waals surface area (Å²) in [4.78, 5) is 14.8. The molecule has 2 aromatic rings. The van der Waals surface area contributed by atoms with Crippen LogP contribution < -0.4 is 0 Å². The molecule has 0 saturated carbocycles. The third kappa shape index (κ3) is 3.72. The molecule has 1 aliphatic rings. The van der Waals surface area contributed by atoms with Crippen LogP contribution in [0, 0.1) is 11.7 Å². The van der Waals surface area contributed by atoms with Gasteiger partial charge in [-0.3, -0.25) is 4.79 Å². The van der Waals surface area contributed by atoms with Gasteiger partial charge in [0.15, 0.2) is 5.76 Å². The molecular weight excluding hydrogens is 438 g/mol. The fraction of sp³-hybridized carbons (Fsp3) is 0.444. The Labute approximate surface area is 159 Å². The summed E-state index contributed by atoms with van der Waals surface area (Å²) in [7, 11) is 0. The molecule has 25 heavy (non-hydrogen) atoms. The number of rotatable bonds is 3. The van der Waals surface area contributed by atoms with Crippen molar-refractivity contribution in [2.75, 3.05) is 6.54 Å². The average molecular weight is 458 g/mol. The van der Waals surface area contributed by atoms with Gasteiger partial charge >= 0.3 is 0 Å².